The Balaban J connectivity index is 1.21. The number of anilines is 1. The Morgan fingerprint density at radius 1 is 1.12 bits per heavy atom. The van der Waals surface area contributed by atoms with Crippen molar-refractivity contribution >= 4 is 66.1 Å². The number of likely N-dealkylation sites (tertiary alicyclic amines) is 1. The number of rotatable bonds is 10. The van der Waals surface area contributed by atoms with Gasteiger partial charge in [0.2, 0.25) is 31.1 Å². The Kier molecular flexibility index (Phi) is 10.4. The van der Waals surface area contributed by atoms with Crippen LogP contribution >= 0.6 is 23.4 Å². The predicted octanol–water partition coefficient (Wildman–Crippen LogP) is 3.24. The highest BCUT2D eigenvalue weighted by Gasteiger charge is 2.42. The largest absolute Gasteiger partial charge is 0.488 e. The molecular formula is C31H33ClN4O9S3. The molecule has 0 bridgehead atoms. The van der Waals surface area contributed by atoms with Gasteiger partial charge in [0.1, 0.15) is 27.7 Å². The number of thioether (sulfide) groups is 1. The first-order valence-corrected chi connectivity index (χ1v) is 19.0. The number of halogens is 1. The van der Waals surface area contributed by atoms with E-state index in [2.05, 4.69) is 5.32 Å². The second-order valence-electron chi connectivity index (χ2n) is 11.5. The Labute approximate surface area is 287 Å². The van der Waals surface area contributed by atoms with E-state index in [1.165, 1.54) is 18.0 Å². The van der Waals surface area contributed by atoms with Gasteiger partial charge in [0, 0.05) is 37.1 Å². The van der Waals surface area contributed by atoms with Crippen LogP contribution in [0.2, 0.25) is 5.02 Å². The van der Waals surface area contributed by atoms with E-state index in [1.807, 2.05) is 0 Å². The molecule has 0 saturated carbocycles. The second-order valence-corrected chi connectivity index (χ2v) is 16.4. The van der Waals surface area contributed by atoms with Crippen molar-refractivity contribution in [1.29, 1.82) is 0 Å². The topological polar surface area (TPSA) is 193 Å². The Bertz CT molecular complexity index is 1950. The van der Waals surface area contributed by atoms with Gasteiger partial charge in [-0.1, -0.05) is 72.8 Å². The van der Waals surface area contributed by atoms with Crippen molar-refractivity contribution in [2.24, 2.45) is 11.1 Å². The molecule has 4 atom stereocenters. The Morgan fingerprint density at radius 3 is 2.42 bits per heavy atom. The van der Waals surface area contributed by atoms with Crippen LogP contribution in [0.3, 0.4) is 0 Å². The number of carbonyl (C=O) groups excluding carboxylic acids is 2. The molecule has 3 aromatic carbocycles. The van der Waals surface area contributed by atoms with Gasteiger partial charge in [-0.15, -0.1) is 0 Å². The number of hydrogen-bond donors (Lipinski definition) is 3. The summed E-state index contributed by atoms with van der Waals surface area (Å²) in [5, 5.41) is 17.7. The maximum absolute atomic E-state index is 13.3. The maximum atomic E-state index is 13.3. The van der Waals surface area contributed by atoms with Crippen LogP contribution in [0.4, 0.5) is 5.69 Å². The first kappa shape index (κ1) is 35.6. The molecule has 13 nitrogen and oxygen atoms in total. The van der Waals surface area contributed by atoms with Crippen LogP contribution in [0.1, 0.15) is 29.3 Å². The van der Waals surface area contributed by atoms with Crippen molar-refractivity contribution in [1.82, 2.24) is 9.21 Å². The lowest BCUT2D eigenvalue weighted by Crippen LogP contribution is -2.47. The van der Waals surface area contributed by atoms with Gasteiger partial charge in [-0.05, 0) is 29.8 Å². The number of carboxylic acid groups (broad SMARTS) is 1. The fraction of sp³-hybridized carbons (Fsp3) is 0.323. The first-order chi connectivity index (χ1) is 22.6. The number of fused-ring (bicyclic) bond motifs is 1. The molecule has 0 aliphatic carbocycles. The average molecular weight is 737 g/mol. The minimum atomic E-state index is -4.26. The molecular weight excluding hydrogens is 704 g/mol. The van der Waals surface area contributed by atoms with Crippen LogP contribution in [0, 0.1) is 5.92 Å². The first-order valence-electron chi connectivity index (χ1n) is 14.7. The average Bonchev–Trinajstić information content (AvgIpc) is 3.46. The highest BCUT2D eigenvalue weighted by atomic mass is 35.5. The number of carboxylic acids is 1. The van der Waals surface area contributed by atoms with Crippen LogP contribution in [0.5, 0.6) is 5.75 Å². The minimum absolute atomic E-state index is 0.0585. The quantitative estimate of drug-likeness (QED) is 0.277. The smallest absolute Gasteiger partial charge is 0.326 e. The van der Waals surface area contributed by atoms with Crippen molar-refractivity contribution in [3.05, 3.63) is 82.9 Å². The standard InChI is InChI=1S/C31H33ClN4O9S3/c1-18(17-46-31(40)20-6-4-3-5-7-20)29(37)36-16-22(13-25(36)30(38)39)45-21-10-8-19(9-11-21)12-28-34-24-14-23(32)26(47(33,41)42)15-27(24)48(43,44)35(28)2/h3-11,14-15,18,22,25,28,34H,12-13,16-17H2,1-2H3,(H,38,39)(H2,33,41,42)/t18-,22?,25+,28?/m1/s1. The molecule has 3 aromatic rings. The number of primary sulfonamides is 1. The molecule has 0 spiro atoms. The highest BCUT2D eigenvalue weighted by molar-refractivity contribution is 8.14. The molecule has 4 N–H and O–H groups in total. The monoisotopic (exact) mass is 736 g/mol. The molecule has 0 aromatic heterocycles. The maximum Gasteiger partial charge on any atom is 0.326 e. The molecule has 2 aliphatic rings. The number of hydrogen-bond acceptors (Lipinski definition) is 10. The number of ether oxygens (including phenoxy) is 1. The zero-order valence-electron chi connectivity index (χ0n) is 25.8. The van der Waals surface area contributed by atoms with Crippen LogP contribution in [0.15, 0.2) is 76.5 Å². The van der Waals surface area contributed by atoms with Crippen molar-refractivity contribution in [3.63, 3.8) is 0 Å². The number of amides is 1. The molecule has 1 amide bonds. The summed E-state index contributed by atoms with van der Waals surface area (Å²) < 4.78 is 57.4. The fourth-order valence-electron chi connectivity index (χ4n) is 5.54. The summed E-state index contributed by atoms with van der Waals surface area (Å²) >= 11 is 7.11. The zero-order valence-corrected chi connectivity index (χ0v) is 29.0. The zero-order chi connectivity index (χ0) is 35.0. The van der Waals surface area contributed by atoms with Gasteiger partial charge < -0.3 is 20.1 Å². The molecule has 256 valence electrons. The normalized spacial score (nSPS) is 21.2. The molecule has 1 fully saturated rings. The van der Waals surface area contributed by atoms with E-state index in [9.17, 15) is 36.3 Å². The van der Waals surface area contributed by atoms with Crippen molar-refractivity contribution in [2.45, 2.75) is 47.9 Å². The van der Waals surface area contributed by atoms with E-state index >= 15 is 0 Å². The van der Waals surface area contributed by atoms with Gasteiger partial charge in [-0.3, -0.25) is 9.59 Å². The summed E-state index contributed by atoms with van der Waals surface area (Å²) in [6.45, 7) is 1.72. The molecule has 1 saturated heterocycles. The summed E-state index contributed by atoms with van der Waals surface area (Å²) in [5.74, 6) is -1.49. The molecule has 2 unspecified atom stereocenters. The summed E-state index contributed by atoms with van der Waals surface area (Å²) in [6, 6.07) is 16.6. The number of aliphatic carboxylic acids is 1. The molecule has 5 rings (SSSR count). The van der Waals surface area contributed by atoms with Gasteiger partial charge in [-0.2, -0.15) is 4.31 Å². The van der Waals surface area contributed by atoms with Crippen LogP contribution in [0.25, 0.3) is 0 Å². The lowest BCUT2D eigenvalue weighted by atomic mass is 10.1. The summed E-state index contributed by atoms with van der Waals surface area (Å²) in [7, 11) is -6.99. The number of carbonyl (C=O) groups is 3. The lowest BCUT2D eigenvalue weighted by Gasteiger charge is -2.35. The summed E-state index contributed by atoms with van der Waals surface area (Å²) in [4.78, 5) is 38.3. The molecule has 2 aliphatic heterocycles. The third-order valence-corrected chi connectivity index (χ3v) is 12.6. The number of benzene rings is 3. The van der Waals surface area contributed by atoms with Crippen LogP contribution < -0.4 is 15.2 Å². The lowest BCUT2D eigenvalue weighted by molar-refractivity contribution is -0.149. The molecule has 0 radical (unpaired) electrons. The predicted molar refractivity (Wildman–Crippen MR) is 180 cm³/mol. The molecule has 2 heterocycles. The van der Waals surface area contributed by atoms with E-state index in [1.54, 1.807) is 61.5 Å². The van der Waals surface area contributed by atoms with Crippen molar-refractivity contribution in [3.8, 4) is 5.75 Å². The van der Waals surface area contributed by atoms with Gasteiger partial charge in [0.05, 0.1) is 23.4 Å². The van der Waals surface area contributed by atoms with E-state index in [4.69, 9.17) is 21.5 Å². The molecule has 48 heavy (non-hydrogen) atoms. The van der Waals surface area contributed by atoms with E-state index in [-0.39, 0.29) is 51.8 Å². The number of sulfonamides is 2. The van der Waals surface area contributed by atoms with Crippen LogP contribution in [-0.2, 0) is 36.1 Å². The fourth-order valence-corrected chi connectivity index (χ4v) is 9.00. The summed E-state index contributed by atoms with van der Waals surface area (Å²) in [5.41, 5.74) is 1.40. The number of nitrogens with zero attached hydrogens (tertiary/aromatic N) is 2. The highest BCUT2D eigenvalue weighted by Crippen LogP contribution is 2.37. The number of likely N-dealkylation sites (N-methyl/N-ethyl adjacent to an activating group) is 1. The van der Waals surface area contributed by atoms with Gasteiger partial charge in [-0.25, -0.2) is 26.8 Å². The summed E-state index contributed by atoms with van der Waals surface area (Å²) in [6.07, 6.45) is -1.03. The third kappa shape index (κ3) is 7.63. The number of nitrogens with one attached hydrogen (secondary N) is 1. The Morgan fingerprint density at radius 2 is 1.79 bits per heavy atom. The van der Waals surface area contributed by atoms with Gasteiger partial charge in [0.25, 0.3) is 0 Å². The van der Waals surface area contributed by atoms with Crippen LogP contribution in [-0.4, -0.2) is 85.8 Å². The van der Waals surface area contributed by atoms with E-state index < -0.39 is 55.1 Å². The van der Waals surface area contributed by atoms with E-state index in [0.717, 1.165) is 27.7 Å². The van der Waals surface area contributed by atoms with E-state index in [0.29, 0.717) is 11.3 Å². The second kappa shape index (κ2) is 14.1. The van der Waals surface area contributed by atoms with Gasteiger partial charge >= 0.3 is 5.97 Å². The van der Waals surface area contributed by atoms with Crippen molar-refractivity contribution < 1.29 is 41.1 Å². The SMILES string of the molecule is C[C@H](CSC(=O)c1ccccc1)C(=O)N1CC(Oc2ccc(CC3Nc4cc(Cl)c(S(N)(=O)=O)cc4S(=O)(=O)N3C)cc2)C[C@H]1C(=O)O. The Hall–Kier alpha value is -3.67. The van der Waals surface area contributed by atoms with Gasteiger partial charge in [0.15, 0.2) is 0 Å². The third-order valence-electron chi connectivity index (χ3n) is 8.14. The minimum Gasteiger partial charge on any atom is -0.488 e. The number of nitrogens with two attached hydrogens (primary N) is 1. The molecule has 17 heteroatoms. The van der Waals surface area contributed by atoms with Crippen molar-refractivity contribution in [2.75, 3.05) is 24.7 Å².